The molecule has 2 rings (SSSR count). The van der Waals surface area contributed by atoms with Gasteiger partial charge in [0, 0.05) is 5.38 Å². The van der Waals surface area contributed by atoms with Crippen LogP contribution in [0.3, 0.4) is 0 Å². The van der Waals surface area contributed by atoms with Crippen molar-refractivity contribution in [1.29, 1.82) is 0 Å². The van der Waals surface area contributed by atoms with E-state index in [1.807, 2.05) is 6.92 Å². The van der Waals surface area contributed by atoms with Gasteiger partial charge in [-0.25, -0.2) is 8.78 Å². The number of hydrogen-bond donors (Lipinski definition) is 0. The van der Waals surface area contributed by atoms with E-state index in [-0.39, 0.29) is 28.8 Å². The summed E-state index contributed by atoms with van der Waals surface area (Å²) in [6.45, 7) is 2.00. The van der Waals surface area contributed by atoms with Crippen LogP contribution >= 0.6 is 11.6 Å². The van der Waals surface area contributed by atoms with Gasteiger partial charge in [-0.1, -0.05) is 6.92 Å². The number of halogens is 3. The Labute approximate surface area is 93.2 Å². The molecule has 82 valence electrons. The topological polar surface area (TPSA) is 0 Å². The van der Waals surface area contributed by atoms with Gasteiger partial charge in [0.1, 0.15) is 11.6 Å². The molecule has 1 aliphatic carbocycles. The molecule has 1 aromatic carbocycles. The lowest BCUT2D eigenvalue weighted by Crippen LogP contribution is -2.11. The average molecular weight is 231 g/mol. The summed E-state index contributed by atoms with van der Waals surface area (Å²) in [5.74, 6) is -0.429. The molecule has 0 amide bonds. The van der Waals surface area contributed by atoms with E-state index in [0.717, 1.165) is 18.9 Å². The average Bonchev–Trinajstić information content (AvgIpc) is 2.52. The first-order chi connectivity index (χ1) is 7.09. The van der Waals surface area contributed by atoms with Crippen LogP contribution < -0.4 is 0 Å². The second-order valence-corrected chi connectivity index (χ2v) is 4.79. The third-order valence-corrected chi connectivity index (χ3v) is 3.93. The molecule has 1 saturated carbocycles. The zero-order valence-electron chi connectivity index (χ0n) is 8.51. The molecular weight excluding hydrogens is 218 g/mol. The normalized spacial score (nSPS) is 30.8. The van der Waals surface area contributed by atoms with Crippen LogP contribution in [0.15, 0.2) is 18.2 Å². The number of alkyl halides is 1. The molecule has 0 nitrogen and oxygen atoms in total. The summed E-state index contributed by atoms with van der Waals surface area (Å²) in [4.78, 5) is 0. The Kier molecular flexibility index (Phi) is 2.96. The van der Waals surface area contributed by atoms with E-state index in [4.69, 9.17) is 11.6 Å². The third kappa shape index (κ3) is 2.00. The van der Waals surface area contributed by atoms with Crippen molar-refractivity contribution < 1.29 is 8.78 Å². The lowest BCUT2D eigenvalue weighted by Gasteiger charge is -2.18. The van der Waals surface area contributed by atoms with Gasteiger partial charge < -0.3 is 0 Å². The highest BCUT2D eigenvalue weighted by atomic mass is 35.5. The van der Waals surface area contributed by atoms with Gasteiger partial charge in [0.2, 0.25) is 0 Å². The largest absolute Gasteiger partial charge is 0.207 e. The Morgan fingerprint density at radius 3 is 2.60 bits per heavy atom. The molecule has 1 fully saturated rings. The molecule has 0 spiro atoms. The van der Waals surface area contributed by atoms with Crippen molar-refractivity contribution in [2.45, 2.75) is 31.1 Å². The third-order valence-electron chi connectivity index (χ3n) is 3.32. The summed E-state index contributed by atoms with van der Waals surface area (Å²) < 4.78 is 26.5. The van der Waals surface area contributed by atoms with Crippen LogP contribution in [0.4, 0.5) is 8.78 Å². The van der Waals surface area contributed by atoms with Gasteiger partial charge in [-0.3, -0.25) is 0 Å². The van der Waals surface area contributed by atoms with Crippen LogP contribution in [0, 0.1) is 17.6 Å². The highest BCUT2D eigenvalue weighted by Crippen LogP contribution is 2.42. The minimum Gasteiger partial charge on any atom is -0.207 e. The molecular formula is C12H13ClF2. The predicted octanol–water partition coefficient (Wildman–Crippen LogP) is 4.09. The molecule has 0 aliphatic heterocycles. The summed E-state index contributed by atoms with van der Waals surface area (Å²) >= 11 is 6.08. The second kappa shape index (κ2) is 4.09. The first-order valence-corrected chi connectivity index (χ1v) is 5.62. The molecule has 0 bridgehead atoms. The maximum Gasteiger partial charge on any atom is 0.126 e. The molecule has 3 atom stereocenters. The van der Waals surface area contributed by atoms with Crippen LogP contribution in [0.2, 0.25) is 0 Å². The Bertz CT molecular complexity index is 365. The summed E-state index contributed by atoms with van der Waals surface area (Å²) in [5.41, 5.74) is 0.477. The van der Waals surface area contributed by atoms with E-state index in [9.17, 15) is 8.78 Å². The highest BCUT2D eigenvalue weighted by Gasteiger charge is 2.33. The molecule has 0 aromatic heterocycles. The van der Waals surface area contributed by atoms with E-state index in [2.05, 4.69) is 0 Å². The van der Waals surface area contributed by atoms with Gasteiger partial charge in [0.05, 0.1) is 0 Å². The fourth-order valence-electron chi connectivity index (χ4n) is 2.35. The van der Waals surface area contributed by atoms with Gasteiger partial charge in [0.25, 0.3) is 0 Å². The molecule has 15 heavy (non-hydrogen) atoms. The molecule has 1 aliphatic rings. The van der Waals surface area contributed by atoms with Gasteiger partial charge >= 0.3 is 0 Å². The molecule has 0 saturated heterocycles. The predicted molar refractivity (Wildman–Crippen MR) is 57.1 cm³/mol. The Balaban J connectivity index is 2.33. The summed E-state index contributed by atoms with van der Waals surface area (Å²) in [6.07, 6.45) is 1.72. The van der Waals surface area contributed by atoms with Crippen LogP contribution in [-0.4, -0.2) is 5.38 Å². The quantitative estimate of drug-likeness (QED) is 0.638. The Morgan fingerprint density at radius 2 is 2.00 bits per heavy atom. The fraction of sp³-hybridized carbons (Fsp3) is 0.500. The van der Waals surface area contributed by atoms with Crippen molar-refractivity contribution >= 4 is 11.6 Å². The maximum absolute atomic E-state index is 13.5. The van der Waals surface area contributed by atoms with Gasteiger partial charge in [-0.15, -0.1) is 11.6 Å². The number of rotatable bonds is 1. The highest BCUT2D eigenvalue weighted by molar-refractivity contribution is 6.21. The summed E-state index contributed by atoms with van der Waals surface area (Å²) in [5, 5.41) is 0.0812. The number of hydrogen-bond acceptors (Lipinski definition) is 0. The molecule has 0 radical (unpaired) electrons. The van der Waals surface area contributed by atoms with E-state index >= 15 is 0 Å². The molecule has 0 heterocycles. The first-order valence-electron chi connectivity index (χ1n) is 5.18. The zero-order chi connectivity index (χ0) is 11.0. The minimum absolute atomic E-state index is 0.0585. The smallest absolute Gasteiger partial charge is 0.126 e. The molecule has 1 aromatic rings. The molecule has 3 unspecified atom stereocenters. The Hall–Kier alpha value is -0.630. The van der Waals surface area contributed by atoms with Crippen molar-refractivity contribution in [3.05, 3.63) is 35.4 Å². The minimum atomic E-state index is -0.378. The molecule has 0 N–H and O–H groups in total. The van der Waals surface area contributed by atoms with Crippen molar-refractivity contribution in [3.63, 3.8) is 0 Å². The fourth-order valence-corrected chi connectivity index (χ4v) is 2.66. The van der Waals surface area contributed by atoms with Crippen molar-refractivity contribution in [3.8, 4) is 0 Å². The van der Waals surface area contributed by atoms with Crippen molar-refractivity contribution in [2.75, 3.05) is 0 Å². The second-order valence-electron chi connectivity index (χ2n) is 4.22. The van der Waals surface area contributed by atoms with Crippen molar-refractivity contribution in [2.24, 2.45) is 5.92 Å². The van der Waals surface area contributed by atoms with Gasteiger partial charge in [0.15, 0.2) is 0 Å². The van der Waals surface area contributed by atoms with E-state index in [0.29, 0.717) is 5.56 Å². The first kappa shape index (κ1) is 10.9. The zero-order valence-corrected chi connectivity index (χ0v) is 9.27. The van der Waals surface area contributed by atoms with Gasteiger partial charge in [-0.05, 0) is 48.4 Å². The summed E-state index contributed by atoms with van der Waals surface area (Å²) in [6, 6.07) is 3.64. The lowest BCUT2D eigenvalue weighted by atomic mass is 9.90. The summed E-state index contributed by atoms with van der Waals surface area (Å²) in [7, 11) is 0. The monoisotopic (exact) mass is 230 g/mol. The van der Waals surface area contributed by atoms with Crippen LogP contribution in [-0.2, 0) is 0 Å². The lowest BCUT2D eigenvalue weighted by molar-refractivity contribution is 0.497. The van der Waals surface area contributed by atoms with Crippen LogP contribution in [0.1, 0.15) is 31.2 Å². The van der Waals surface area contributed by atoms with Crippen molar-refractivity contribution in [1.82, 2.24) is 0 Å². The Morgan fingerprint density at radius 1 is 1.27 bits per heavy atom. The van der Waals surface area contributed by atoms with Crippen LogP contribution in [0.5, 0.6) is 0 Å². The standard InChI is InChI=1S/C12H13ClF2/c1-7-9(3-4-11(7)13)10-6-8(14)2-5-12(10)15/h2,5-7,9,11H,3-4H2,1H3. The maximum atomic E-state index is 13.5. The van der Waals surface area contributed by atoms with Gasteiger partial charge in [-0.2, -0.15) is 0 Å². The van der Waals surface area contributed by atoms with E-state index in [1.165, 1.54) is 12.1 Å². The van der Waals surface area contributed by atoms with E-state index < -0.39 is 0 Å². The van der Waals surface area contributed by atoms with Crippen LogP contribution in [0.25, 0.3) is 0 Å². The SMILES string of the molecule is CC1C(Cl)CCC1c1cc(F)ccc1F. The number of benzene rings is 1. The van der Waals surface area contributed by atoms with E-state index in [1.54, 1.807) is 0 Å². The molecule has 3 heteroatoms.